The van der Waals surface area contributed by atoms with Crippen molar-refractivity contribution in [2.75, 3.05) is 0 Å². The van der Waals surface area contributed by atoms with E-state index in [9.17, 15) is 14.4 Å². The summed E-state index contributed by atoms with van der Waals surface area (Å²) in [5.74, 6) is -0.599. The molecule has 31 heavy (non-hydrogen) atoms. The summed E-state index contributed by atoms with van der Waals surface area (Å²) in [5, 5.41) is 2.93. The fraction of sp³-hybridized carbons (Fsp3) is 0.375. The Hall–Kier alpha value is -3.35. The van der Waals surface area contributed by atoms with E-state index in [1.165, 1.54) is 0 Å². The summed E-state index contributed by atoms with van der Waals surface area (Å²) in [6, 6.07) is 16.4. The molecule has 0 aliphatic carbocycles. The van der Waals surface area contributed by atoms with Crippen molar-refractivity contribution >= 4 is 22.9 Å². The van der Waals surface area contributed by atoms with Gasteiger partial charge in [-0.15, -0.1) is 0 Å². The Balaban J connectivity index is 1.73. The van der Waals surface area contributed by atoms with Gasteiger partial charge in [0.2, 0.25) is 5.91 Å². The summed E-state index contributed by atoms with van der Waals surface area (Å²) < 4.78 is 8.58. The molecule has 0 fully saturated rings. The molecule has 0 radical (unpaired) electrons. The fourth-order valence-electron chi connectivity index (χ4n) is 3.69. The lowest BCUT2D eigenvalue weighted by atomic mass is 10.0. The number of rotatable bonds is 9. The minimum absolute atomic E-state index is 0.0447. The molecule has 164 valence electrons. The molecule has 3 aromatic rings. The molecule has 0 bridgehead atoms. The van der Waals surface area contributed by atoms with Crippen molar-refractivity contribution in [3.63, 3.8) is 0 Å². The Morgan fingerprint density at radius 3 is 2.19 bits per heavy atom. The number of imidazole rings is 1. The number of fused-ring (bicyclic) bond motifs is 1. The predicted octanol–water partition coefficient (Wildman–Crippen LogP) is 3.41. The molecule has 0 saturated carbocycles. The summed E-state index contributed by atoms with van der Waals surface area (Å²) in [4.78, 5) is 37.7. The molecular weight excluding hydrogens is 394 g/mol. The quantitative estimate of drug-likeness (QED) is 0.535. The first-order valence-electron chi connectivity index (χ1n) is 10.6. The molecule has 1 heterocycles. The van der Waals surface area contributed by atoms with Crippen LogP contribution in [0.1, 0.15) is 45.2 Å². The Bertz CT molecular complexity index is 1100. The molecule has 1 amide bonds. The highest BCUT2D eigenvalue weighted by atomic mass is 16.5. The number of hydrogen-bond acceptors (Lipinski definition) is 4. The van der Waals surface area contributed by atoms with Crippen LogP contribution in [0.15, 0.2) is 59.4 Å². The van der Waals surface area contributed by atoms with Gasteiger partial charge in [-0.25, -0.2) is 4.79 Å². The first-order valence-corrected chi connectivity index (χ1v) is 10.6. The van der Waals surface area contributed by atoms with Gasteiger partial charge in [0.15, 0.2) is 0 Å². The van der Waals surface area contributed by atoms with E-state index in [0.29, 0.717) is 6.54 Å². The number of nitrogens with one attached hydrogen (secondary N) is 1. The SMILES string of the molecule is CCn1c(=O)n(CCC(=O)NC(CC(=O)OC(C)C)c2ccccc2)c2ccccc21. The number of ether oxygens (including phenoxy) is 1. The largest absolute Gasteiger partial charge is 0.463 e. The van der Waals surface area contributed by atoms with Gasteiger partial charge in [-0.2, -0.15) is 0 Å². The van der Waals surface area contributed by atoms with Crippen LogP contribution < -0.4 is 11.0 Å². The van der Waals surface area contributed by atoms with E-state index in [1.807, 2.05) is 61.5 Å². The molecule has 0 saturated heterocycles. The molecule has 0 spiro atoms. The number of carbonyl (C=O) groups is 2. The summed E-state index contributed by atoms with van der Waals surface area (Å²) in [5.41, 5.74) is 2.37. The van der Waals surface area contributed by atoms with Gasteiger partial charge in [0.05, 0.1) is 29.6 Å². The molecule has 7 nitrogen and oxygen atoms in total. The van der Waals surface area contributed by atoms with Crippen LogP contribution >= 0.6 is 0 Å². The van der Waals surface area contributed by atoms with E-state index in [1.54, 1.807) is 23.0 Å². The van der Waals surface area contributed by atoms with Crippen LogP contribution in [-0.2, 0) is 27.4 Å². The second-order valence-electron chi connectivity index (χ2n) is 7.69. The summed E-state index contributed by atoms with van der Waals surface area (Å²) in [6.45, 7) is 6.32. The standard InChI is InChI=1S/C24H29N3O4/c1-4-26-20-12-8-9-13-21(20)27(24(26)30)15-14-22(28)25-19(16-23(29)31-17(2)3)18-10-6-5-7-11-18/h5-13,17,19H,4,14-16H2,1-3H3,(H,25,28). The van der Waals surface area contributed by atoms with Gasteiger partial charge in [0.1, 0.15) is 0 Å². The maximum atomic E-state index is 12.8. The molecule has 1 unspecified atom stereocenters. The van der Waals surface area contributed by atoms with Crippen LogP contribution in [0.3, 0.4) is 0 Å². The van der Waals surface area contributed by atoms with E-state index >= 15 is 0 Å². The number of para-hydroxylation sites is 2. The number of esters is 1. The number of hydrogen-bond donors (Lipinski definition) is 1. The second-order valence-corrected chi connectivity index (χ2v) is 7.69. The van der Waals surface area contributed by atoms with Crippen molar-refractivity contribution in [1.82, 2.24) is 14.5 Å². The average molecular weight is 424 g/mol. The van der Waals surface area contributed by atoms with Gasteiger partial charge in [-0.1, -0.05) is 42.5 Å². The highest BCUT2D eigenvalue weighted by Gasteiger charge is 2.20. The van der Waals surface area contributed by atoms with Crippen LogP contribution in [0.5, 0.6) is 0 Å². The van der Waals surface area contributed by atoms with Gasteiger partial charge in [0, 0.05) is 19.5 Å². The smallest absolute Gasteiger partial charge is 0.329 e. The Morgan fingerprint density at radius 2 is 1.58 bits per heavy atom. The van der Waals surface area contributed by atoms with Crippen molar-refractivity contribution in [2.24, 2.45) is 0 Å². The monoisotopic (exact) mass is 423 g/mol. The van der Waals surface area contributed by atoms with Gasteiger partial charge in [0.25, 0.3) is 0 Å². The van der Waals surface area contributed by atoms with Crippen molar-refractivity contribution in [3.05, 3.63) is 70.6 Å². The fourth-order valence-corrected chi connectivity index (χ4v) is 3.69. The predicted molar refractivity (Wildman–Crippen MR) is 120 cm³/mol. The average Bonchev–Trinajstić information content (AvgIpc) is 3.02. The van der Waals surface area contributed by atoms with E-state index in [4.69, 9.17) is 4.74 Å². The zero-order valence-corrected chi connectivity index (χ0v) is 18.2. The molecule has 1 aromatic heterocycles. The third-order valence-electron chi connectivity index (χ3n) is 5.08. The Labute approximate surface area is 181 Å². The molecule has 2 aromatic carbocycles. The second kappa shape index (κ2) is 10.1. The van der Waals surface area contributed by atoms with Gasteiger partial charge >= 0.3 is 11.7 Å². The highest BCUT2D eigenvalue weighted by Crippen LogP contribution is 2.18. The number of benzene rings is 2. The minimum atomic E-state index is -0.492. The topological polar surface area (TPSA) is 82.3 Å². The third kappa shape index (κ3) is 5.42. The van der Waals surface area contributed by atoms with Crippen molar-refractivity contribution in [1.29, 1.82) is 0 Å². The van der Waals surface area contributed by atoms with Gasteiger partial charge in [-0.3, -0.25) is 18.7 Å². The van der Waals surface area contributed by atoms with Crippen LogP contribution in [0, 0.1) is 0 Å². The summed E-state index contributed by atoms with van der Waals surface area (Å²) in [7, 11) is 0. The normalized spacial score (nSPS) is 12.1. The van der Waals surface area contributed by atoms with Crippen LogP contribution in [0.4, 0.5) is 0 Å². The number of aromatic nitrogens is 2. The Kier molecular flexibility index (Phi) is 7.28. The van der Waals surface area contributed by atoms with Gasteiger partial charge < -0.3 is 10.1 Å². The zero-order valence-electron chi connectivity index (χ0n) is 18.2. The minimum Gasteiger partial charge on any atom is -0.463 e. The van der Waals surface area contributed by atoms with E-state index in [2.05, 4.69) is 5.32 Å². The maximum Gasteiger partial charge on any atom is 0.329 e. The number of amides is 1. The molecular formula is C24H29N3O4. The van der Waals surface area contributed by atoms with Crippen LogP contribution in [0.2, 0.25) is 0 Å². The molecule has 7 heteroatoms. The van der Waals surface area contributed by atoms with Crippen molar-refractivity contribution < 1.29 is 14.3 Å². The lowest BCUT2D eigenvalue weighted by molar-refractivity contribution is -0.148. The maximum absolute atomic E-state index is 12.8. The zero-order chi connectivity index (χ0) is 22.4. The van der Waals surface area contributed by atoms with Crippen molar-refractivity contribution in [3.8, 4) is 0 Å². The molecule has 0 aliphatic heterocycles. The third-order valence-corrected chi connectivity index (χ3v) is 5.08. The molecule has 1 N–H and O–H groups in total. The highest BCUT2D eigenvalue weighted by molar-refractivity contribution is 5.79. The van der Waals surface area contributed by atoms with E-state index in [-0.39, 0.29) is 43.1 Å². The number of nitrogens with zero attached hydrogens (tertiary/aromatic N) is 2. The lowest BCUT2D eigenvalue weighted by Gasteiger charge is -2.19. The molecule has 1 atom stereocenters. The van der Waals surface area contributed by atoms with Crippen LogP contribution in [-0.4, -0.2) is 27.1 Å². The van der Waals surface area contributed by atoms with Crippen LogP contribution in [0.25, 0.3) is 11.0 Å². The van der Waals surface area contributed by atoms with E-state index in [0.717, 1.165) is 16.6 Å². The molecule has 3 rings (SSSR count). The first kappa shape index (κ1) is 22.3. The van der Waals surface area contributed by atoms with E-state index < -0.39 is 6.04 Å². The van der Waals surface area contributed by atoms with Crippen molar-refractivity contribution in [2.45, 2.75) is 58.8 Å². The lowest BCUT2D eigenvalue weighted by Crippen LogP contribution is -2.32. The van der Waals surface area contributed by atoms with Gasteiger partial charge in [-0.05, 0) is 38.5 Å². The Morgan fingerprint density at radius 1 is 0.968 bits per heavy atom. The first-order chi connectivity index (χ1) is 14.9. The number of aryl methyl sites for hydroxylation is 2. The summed E-state index contributed by atoms with van der Waals surface area (Å²) in [6.07, 6.45) is -0.0502. The number of carbonyl (C=O) groups excluding carboxylic acids is 2. The summed E-state index contributed by atoms with van der Waals surface area (Å²) >= 11 is 0. The molecule has 0 aliphatic rings.